The third kappa shape index (κ3) is 3.65. The Hall–Kier alpha value is -3.65. The van der Waals surface area contributed by atoms with Crippen LogP contribution in [-0.4, -0.2) is 10.9 Å². The zero-order valence-electron chi connectivity index (χ0n) is 17.7. The smallest absolute Gasteiger partial charge is 0.0553 e. The lowest BCUT2D eigenvalue weighted by molar-refractivity contribution is 0.894. The molecule has 2 heteroatoms. The molecule has 0 bridgehead atoms. The van der Waals surface area contributed by atoms with Crippen LogP contribution in [0.5, 0.6) is 0 Å². The molecule has 0 N–H and O–H groups in total. The first-order valence-corrected chi connectivity index (χ1v) is 10.5. The molecule has 0 saturated carbocycles. The van der Waals surface area contributed by atoms with E-state index in [1.165, 1.54) is 38.2 Å². The van der Waals surface area contributed by atoms with Gasteiger partial charge in [-0.2, -0.15) is 5.10 Å². The van der Waals surface area contributed by atoms with E-state index in [0.717, 1.165) is 5.56 Å². The highest BCUT2D eigenvalue weighted by Crippen LogP contribution is 2.38. The summed E-state index contributed by atoms with van der Waals surface area (Å²) < 4.78 is 1.82. The number of hydrogen-bond donors (Lipinski definition) is 0. The van der Waals surface area contributed by atoms with E-state index in [4.69, 9.17) is 0 Å². The summed E-state index contributed by atoms with van der Waals surface area (Å²) in [4.78, 5) is 0. The maximum Gasteiger partial charge on any atom is 0.0553 e. The second-order valence-electron chi connectivity index (χ2n) is 7.02. The number of nitrogens with zero attached hydrogens (tertiary/aromatic N) is 2. The molecule has 0 unspecified atom stereocenters. The molecule has 0 aliphatic rings. The normalized spacial score (nSPS) is 11.0. The van der Waals surface area contributed by atoms with Crippen molar-refractivity contribution in [3.05, 3.63) is 108 Å². The summed E-state index contributed by atoms with van der Waals surface area (Å²) >= 11 is 0. The Morgan fingerprint density at radius 1 is 0.700 bits per heavy atom. The van der Waals surface area contributed by atoms with Crippen molar-refractivity contribution >= 4 is 27.8 Å². The van der Waals surface area contributed by atoms with Crippen molar-refractivity contribution in [3.8, 4) is 11.1 Å². The predicted octanol–water partition coefficient (Wildman–Crippen LogP) is 7.68. The van der Waals surface area contributed by atoms with Gasteiger partial charge in [-0.15, -0.1) is 0 Å². The summed E-state index contributed by atoms with van der Waals surface area (Å²) in [6.45, 7) is 6.18. The molecule has 1 aromatic heterocycles. The molecule has 148 valence electrons. The van der Waals surface area contributed by atoms with E-state index in [1.54, 1.807) is 0 Å². The molecule has 5 rings (SSSR count). The quantitative estimate of drug-likeness (QED) is 0.222. The Morgan fingerprint density at radius 2 is 1.30 bits per heavy atom. The van der Waals surface area contributed by atoms with Gasteiger partial charge >= 0.3 is 0 Å². The second-order valence-corrected chi connectivity index (χ2v) is 7.02. The van der Waals surface area contributed by atoms with Gasteiger partial charge in [0.25, 0.3) is 0 Å². The van der Waals surface area contributed by atoms with E-state index in [9.17, 15) is 0 Å². The Labute approximate surface area is 178 Å². The number of benzene rings is 4. The van der Waals surface area contributed by atoms with Crippen molar-refractivity contribution in [3.63, 3.8) is 0 Å². The molecule has 0 aliphatic carbocycles. The summed E-state index contributed by atoms with van der Waals surface area (Å²) in [6.07, 6.45) is 5.81. The SMILES string of the molecule is CC.Cc1c(/C=N/n2cccc2)cccc1-c1c2ccccc2cc2ccccc12. The number of fused-ring (bicyclic) bond motifs is 2. The van der Waals surface area contributed by atoms with Crippen LogP contribution in [0.3, 0.4) is 0 Å². The highest BCUT2D eigenvalue weighted by molar-refractivity contribution is 6.13. The molecule has 0 spiro atoms. The van der Waals surface area contributed by atoms with Gasteiger partial charge in [0.1, 0.15) is 0 Å². The van der Waals surface area contributed by atoms with Gasteiger partial charge in [-0.05, 0) is 68.9 Å². The van der Waals surface area contributed by atoms with Gasteiger partial charge in [0.15, 0.2) is 0 Å². The number of aromatic nitrogens is 1. The van der Waals surface area contributed by atoms with Crippen LogP contribution >= 0.6 is 0 Å². The van der Waals surface area contributed by atoms with Crippen LogP contribution in [0, 0.1) is 6.92 Å². The highest BCUT2D eigenvalue weighted by Gasteiger charge is 2.12. The van der Waals surface area contributed by atoms with Gasteiger partial charge in [-0.1, -0.05) is 80.6 Å². The van der Waals surface area contributed by atoms with Crippen LogP contribution < -0.4 is 0 Å². The van der Waals surface area contributed by atoms with E-state index >= 15 is 0 Å². The van der Waals surface area contributed by atoms with Gasteiger partial charge in [-0.3, -0.25) is 0 Å². The predicted molar refractivity (Wildman–Crippen MR) is 130 cm³/mol. The zero-order valence-corrected chi connectivity index (χ0v) is 17.7. The van der Waals surface area contributed by atoms with Crippen molar-refractivity contribution in [1.82, 2.24) is 4.68 Å². The minimum atomic E-state index is 1.13. The van der Waals surface area contributed by atoms with Crippen LogP contribution in [0.1, 0.15) is 25.0 Å². The molecular formula is C28H26N2. The summed E-state index contributed by atoms with van der Waals surface area (Å²) in [5.74, 6) is 0. The van der Waals surface area contributed by atoms with E-state index in [0.29, 0.717) is 0 Å². The lowest BCUT2D eigenvalue weighted by Gasteiger charge is -2.15. The topological polar surface area (TPSA) is 17.3 Å². The summed E-state index contributed by atoms with van der Waals surface area (Å²) in [7, 11) is 0. The van der Waals surface area contributed by atoms with Crippen molar-refractivity contribution in [2.75, 3.05) is 0 Å². The van der Waals surface area contributed by atoms with Crippen molar-refractivity contribution in [1.29, 1.82) is 0 Å². The van der Waals surface area contributed by atoms with Gasteiger partial charge in [0.05, 0.1) is 6.21 Å². The monoisotopic (exact) mass is 390 g/mol. The van der Waals surface area contributed by atoms with Crippen LogP contribution in [0.4, 0.5) is 0 Å². The van der Waals surface area contributed by atoms with Crippen LogP contribution in [0.15, 0.2) is 102 Å². The molecule has 5 aromatic rings. The van der Waals surface area contributed by atoms with E-state index < -0.39 is 0 Å². The summed E-state index contributed by atoms with van der Waals surface area (Å²) in [5.41, 5.74) is 4.91. The Kier molecular flexibility index (Phi) is 5.76. The second kappa shape index (κ2) is 8.79. The molecule has 1 heterocycles. The molecular weight excluding hydrogens is 364 g/mol. The maximum atomic E-state index is 4.55. The molecule has 0 amide bonds. The largest absolute Gasteiger partial charge is 0.248 e. The van der Waals surface area contributed by atoms with Gasteiger partial charge < -0.3 is 0 Å². The minimum Gasteiger partial charge on any atom is -0.248 e. The summed E-state index contributed by atoms with van der Waals surface area (Å²) in [6, 6.07) is 30.0. The first-order valence-electron chi connectivity index (χ1n) is 10.5. The van der Waals surface area contributed by atoms with Gasteiger partial charge in [-0.25, -0.2) is 4.68 Å². The van der Waals surface area contributed by atoms with Crippen LogP contribution in [0.2, 0.25) is 0 Å². The van der Waals surface area contributed by atoms with E-state index in [2.05, 4.69) is 84.8 Å². The summed E-state index contributed by atoms with van der Waals surface area (Å²) in [5, 5.41) is 9.64. The molecule has 0 aliphatic heterocycles. The molecule has 4 aromatic carbocycles. The third-order valence-electron chi connectivity index (χ3n) is 5.34. The fourth-order valence-electron chi connectivity index (χ4n) is 3.90. The van der Waals surface area contributed by atoms with Crippen molar-refractivity contribution in [2.24, 2.45) is 5.10 Å². The molecule has 30 heavy (non-hydrogen) atoms. The first-order chi connectivity index (χ1) is 14.8. The van der Waals surface area contributed by atoms with Gasteiger partial charge in [0, 0.05) is 12.4 Å². The molecule has 0 atom stereocenters. The average molecular weight is 391 g/mol. The molecule has 2 nitrogen and oxygen atoms in total. The lowest BCUT2D eigenvalue weighted by Crippen LogP contribution is -1.94. The molecule has 0 radical (unpaired) electrons. The maximum absolute atomic E-state index is 4.55. The van der Waals surface area contributed by atoms with Crippen molar-refractivity contribution < 1.29 is 0 Å². The number of hydrogen-bond acceptors (Lipinski definition) is 1. The molecule has 0 saturated heterocycles. The highest BCUT2D eigenvalue weighted by atomic mass is 15.3. The fourth-order valence-corrected chi connectivity index (χ4v) is 3.90. The Bertz CT molecular complexity index is 1260. The Morgan fingerprint density at radius 3 is 1.93 bits per heavy atom. The van der Waals surface area contributed by atoms with Crippen molar-refractivity contribution in [2.45, 2.75) is 20.8 Å². The Balaban J connectivity index is 0.00000106. The van der Waals surface area contributed by atoms with E-state index in [1.807, 2.05) is 49.3 Å². The minimum absolute atomic E-state index is 1.13. The molecule has 0 fully saturated rings. The number of rotatable bonds is 3. The average Bonchev–Trinajstić information content (AvgIpc) is 3.32. The standard InChI is InChI=1S/C26H20N2.C2H6/c1-19-22(18-27-28-15-6-7-16-28)11-8-14-23(19)26-24-12-4-2-9-20(24)17-21-10-3-5-13-25(21)26;1-2/h2-18H,1H3;1-2H3/b27-18+;. The third-order valence-corrected chi connectivity index (χ3v) is 5.34. The van der Waals surface area contributed by atoms with Crippen LogP contribution in [-0.2, 0) is 0 Å². The fraction of sp³-hybridized carbons (Fsp3) is 0.107. The zero-order chi connectivity index (χ0) is 20.9. The van der Waals surface area contributed by atoms with Crippen LogP contribution in [0.25, 0.3) is 32.7 Å². The van der Waals surface area contributed by atoms with E-state index in [-0.39, 0.29) is 0 Å². The first kappa shape index (κ1) is 19.7. The van der Waals surface area contributed by atoms with Gasteiger partial charge in [0.2, 0.25) is 0 Å². The lowest BCUT2D eigenvalue weighted by atomic mass is 9.89.